The summed E-state index contributed by atoms with van der Waals surface area (Å²) in [6.45, 7) is 2.86. The second kappa shape index (κ2) is 9.03. The van der Waals surface area contributed by atoms with Crippen molar-refractivity contribution < 1.29 is 24.5 Å². The van der Waals surface area contributed by atoms with Crippen LogP contribution in [0.1, 0.15) is 12.0 Å². The zero-order valence-corrected chi connectivity index (χ0v) is 15.1. The number of benzene rings is 1. The highest BCUT2D eigenvalue weighted by Gasteiger charge is 2.33. The lowest BCUT2D eigenvalue weighted by molar-refractivity contribution is -0.149. The van der Waals surface area contributed by atoms with Crippen LogP contribution < -0.4 is 9.47 Å². The SMILES string of the molecule is COc1cccc(CN2CC[C@@H](O)[C@H](C(=O)O)C2)c1OCCN(C)C. The number of hydrogen-bond acceptors (Lipinski definition) is 6. The molecule has 1 aliphatic heterocycles. The lowest BCUT2D eigenvalue weighted by Gasteiger charge is -2.34. The first-order chi connectivity index (χ1) is 11.9. The van der Waals surface area contributed by atoms with Crippen molar-refractivity contribution in [3.8, 4) is 11.5 Å². The first-order valence-electron chi connectivity index (χ1n) is 8.49. The average molecular weight is 352 g/mol. The van der Waals surface area contributed by atoms with Crippen LogP contribution in [0.5, 0.6) is 11.5 Å². The number of piperidine rings is 1. The number of aliphatic carboxylic acids is 1. The first kappa shape index (κ1) is 19.5. The third-order valence-corrected chi connectivity index (χ3v) is 4.44. The van der Waals surface area contributed by atoms with Crippen molar-refractivity contribution in [2.75, 3.05) is 47.4 Å². The number of hydrogen-bond donors (Lipinski definition) is 2. The molecule has 1 saturated heterocycles. The molecule has 1 aliphatic rings. The van der Waals surface area contributed by atoms with Crippen LogP contribution in [0.25, 0.3) is 0 Å². The van der Waals surface area contributed by atoms with Gasteiger partial charge in [-0.15, -0.1) is 0 Å². The number of rotatable bonds is 8. The Morgan fingerprint density at radius 3 is 2.80 bits per heavy atom. The van der Waals surface area contributed by atoms with Gasteiger partial charge in [-0.1, -0.05) is 12.1 Å². The minimum Gasteiger partial charge on any atom is -0.493 e. The molecule has 0 aromatic heterocycles. The van der Waals surface area contributed by atoms with Gasteiger partial charge in [0.25, 0.3) is 0 Å². The minimum atomic E-state index is -0.953. The van der Waals surface area contributed by atoms with E-state index in [0.717, 1.165) is 12.1 Å². The Morgan fingerprint density at radius 2 is 2.16 bits per heavy atom. The second-order valence-electron chi connectivity index (χ2n) is 6.64. The molecule has 7 heteroatoms. The van der Waals surface area contributed by atoms with Crippen LogP contribution in [0.4, 0.5) is 0 Å². The number of likely N-dealkylation sites (tertiary alicyclic amines) is 1. The van der Waals surface area contributed by atoms with Crippen LogP contribution in [0.15, 0.2) is 18.2 Å². The van der Waals surface area contributed by atoms with Crippen molar-refractivity contribution in [1.29, 1.82) is 0 Å². The van der Waals surface area contributed by atoms with E-state index in [1.807, 2.05) is 42.1 Å². The largest absolute Gasteiger partial charge is 0.493 e. The molecule has 140 valence electrons. The van der Waals surface area contributed by atoms with Crippen molar-refractivity contribution in [2.24, 2.45) is 5.92 Å². The third-order valence-electron chi connectivity index (χ3n) is 4.44. The molecular formula is C18H28N2O5. The van der Waals surface area contributed by atoms with E-state index in [2.05, 4.69) is 0 Å². The lowest BCUT2D eigenvalue weighted by atomic mass is 9.94. The summed E-state index contributed by atoms with van der Waals surface area (Å²) < 4.78 is 11.4. The van der Waals surface area contributed by atoms with Crippen LogP contribution in [0.3, 0.4) is 0 Å². The summed E-state index contributed by atoms with van der Waals surface area (Å²) in [5.41, 5.74) is 0.957. The highest BCUT2D eigenvalue weighted by atomic mass is 16.5. The quantitative estimate of drug-likeness (QED) is 0.719. The highest BCUT2D eigenvalue weighted by Crippen LogP contribution is 2.33. The number of aliphatic hydroxyl groups excluding tert-OH is 1. The number of methoxy groups -OCH3 is 1. The van der Waals surface area contributed by atoms with Crippen molar-refractivity contribution in [3.05, 3.63) is 23.8 Å². The summed E-state index contributed by atoms with van der Waals surface area (Å²) in [6, 6.07) is 5.73. The van der Waals surface area contributed by atoms with Gasteiger partial charge in [0.15, 0.2) is 11.5 Å². The maximum atomic E-state index is 11.3. The van der Waals surface area contributed by atoms with Crippen LogP contribution in [-0.2, 0) is 11.3 Å². The van der Waals surface area contributed by atoms with E-state index < -0.39 is 18.0 Å². The van der Waals surface area contributed by atoms with Gasteiger partial charge in [0.05, 0.1) is 19.1 Å². The molecule has 0 aliphatic carbocycles. The van der Waals surface area contributed by atoms with Gasteiger partial charge in [0, 0.05) is 31.7 Å². The molecule has 1 fully saturated rings. The Kier molecular flexibility index (Phi) is 7.04. The van der Waals surface area contributed by atoms with Crippen molar-refractivity contribution in [3.63, 3.8) is 0 Å². The molecule has 0 unspecified atom stereocenters. The highest BCUT2D eigenvalue weighted by molar-refractivity contribution is 5.71. The van der Waals surface area contributed by atoms with E-state index in [4.69, 9.17) is 9.47 Å². The summed E-state index contributed by atoms with van der Waals surface area (Å²) in [5, 5.41) is 19.1. The van der Waals surface area contributed by atoms with Crippen LogP contribution >= 0.6 is 0 Å². The maximum Gasteiger partial charge on any atom is 0.310 e. The summed E-state index contributed by atoms with van der Waals surface area (Å²) in [7, 11) is 5.57. The molecule has 0 saturated carbocycles. The maximum absolute atomic E-state index is 11.3. The summed E-state index contributed by atoms with van der Waals surface area (Å²) in [4.78, 5) is 15.4. The molecule has 2 rings (SSSR count). The molecule has 0 spiro atoms. The van der Waals surface area contributed by atoms with E-state index >= 15 is 0 Å². The fraction of sp³-hybridized carbons (Fsp3) is 0.611. The molecule has 1 heterocycles. The predicted molar refractivity (Wildman–Crippen MR) is 94.1 cm³/mol. The summed E-state index contributed by atoms with van der Waals surface area (Å²) in [6.07, 6.45) is -0.326. The third kappa shape index (κ3) is 5.32. The average Bonchev–Trinajstić information content (AvgIpc) is 2.57. The zero-order valence-electron chi connectivity index (χ0n) is 15.1. The Hall–Kier alpha value is -1.83. The minimum absolute atomic E-state index is 0.324. The number of para-hydroxylation sites is 1. The van der Waals surface area contributed by atoms with E-state index in [1.165, 1.54) is 0 Å². The fourth-order valence-electron chi connectivity index (χ4n) is 2.97. The molecular weight excluding hydrogens is 324 g/mol. The molecule has 7 nitrogen and oxygen atoms in total. The normalized spacial score (nSPS) is 21.3. The summed E-state index contributed by atoms with van der Waals surface area (Å²) in [5.74, 6) is -0.337. The van der Waals surface area contributed by atoms with Gasteiger partial charge in [-0.25, -0.2) is 0 Å². The Balaban J connectivity index is 2.11. The Bertz CT molecular complexity index is 579. The van der Waals surface area contributed by atoms with Crippen LogP contribution in [0, 0.1) is 5.92 Å². The van der Waals surface area contributed by atoms with E-state index in [-0.39, 0.29) is 0 Å². The Morgan fingerprint density at radius 1 is 1.40 bits per heavy atom. The molecule has 2 atom stereocenters. The molecule has 0 radical (unpaired) electrons. The Labute approximate surface area is 148 Å². The number of nitrogens with zero attached hydrogens (tertiary/aromatic N) is 2. The van der Waals surface area contributed by atoms with Gasteiger partial charge < -0.3 is 24.6 Å². The number of carbonyl (C=O) groups is 1. The molecule has 25 heavy (non-hydrogen) atoms. The van der Waals surface area contributed by atoms with Gasteiger partial charge >= 0.3 is 5.97 Å². The van der Waals surface area contributed by atoms with Crippen LogP contribution in [0.2, 0.25) is 0 Å². The summed E-state index contributed by atoms with van der Waals surface area (Å²) >= 11 is 0. The number of likely N-dealkylation sites (N-methyl/N-ethyl adjacent to an activating group) is 1. The van der Waals surface area contributed by atoms with Gasteiger partial charge in [-0.05, 0) is 26.6 Å². The smallest absolute Gasteiger partial charge is 0.310 e. The molecule has 1 aromatic rings. The number of ether oxygens (including phenoxy) is 2. The number of carboxylic acids is 1. The molecule has 0 bridgehead atoms. The van der Waals surface area contributed by atoms with Gasteiger partial charge in [0.2, 0.25) is 0 Å². The predicted octanol–water partition coefficient (Wildman–Crippen LogP) is 0.903. The van der Waals surface area contributed by atoms with E-state index in [1.54, 1.807) is 7.11 Å². The first-order valence-corrected chi connectivity index (χ1v) is 8.49. The van der Waals surface area contributed by atoms with E-state index in [9.17, 15) is 15.0 Å². The van der Waals surface area contributed by atoms with Crippen LogP contribution in [-0.4, -0.2) is 79.5 Å². The van der Waals surface area contributed by atoms with Gasteiger partial charge in [-0.2, -0.15) is 0 Å². The standard InChI is InChI=1S/C18H28N2O5/c1-19(2)9-10-25-17-13(5-4-6-16(17)24-3)11-20-8-7-15(21)14(12-20)18(22)23/h4-6,14-15,21H,7-12H2,1-3H3,(H,22,23)/t14-,15-/m1/s1. The number of carboxylic acid groups (broad SMARTS) is 1. The van der Waals surface area contributed by atoms with E-state index in [0.29, 0.717) is 44.2 Å². The van der Waals surface area contributed by atoms with Crippen molar-refractivity contribution >= 4 is 5.97 Å². The topological polar surface area (TPSA) is 82.5 Å². The van der Waals surface area contributed by atoms with Gasteiger partial charge in [0.1, 0.15) is 6.61 Å². The van der Waals surface area contributed by atoms with Crippen molar-refractivity contribution in [2.45, 2.75) is 19.1 Å². The molecule has 2 N–H and O–H groups in total. The lowest BCUT2D eigenvalue weighted by Crippen LogP contribution is -2.46. The second-order valence-corrected chi connectivity index (χ2v) is 6.64. The number of aliphatic hydroxyl groups is 1. The molecule has 1 aromatic carbocycles. The zero-order chi connectivity index (χ0) is 18.4. The molecule has 0 amide bonds. The monoisotopic (exact) mass is 352 g/mol. The fourth-order valence-corrected chi connectivity index (χ4v) is 2.97. The van der Waals surface area contributed by atoms with Gasteiger partial charge in [-0.3, -0.25) is 9.69 Å². The van der Waals surface area contributed by atoms with Crippen molar-refractivity contribution in [1.82, 2.24) is 9.80 Å².